The molecule has 1 amide bonds. The predicted molar refractivity (Wildman–Crippen MR) is 106 cm³/mol. The SMILES string of the molecule is CNC(=O)C1CC1c1ccc(-c2[nH]c[n+](C)c2Sc2ccc(Cl)cn2)cc1. The average Bonchev–Trinajstić information content (AvgIpc) is 3.41. The molecule has 1 fully saturated rings. The van der Waals surface area contributed by atoms with Gasteiger partial charge in [-0.25, -0.2) is 14.5 Å². The molecule has 1 aliphatic carbocycles. The van der Waals surface area contributed by atoms with Gasteiger partial charge < -0.3 is 5.32 Å². The summed E-state index contributed by atoms with van der Waals surface area (Å²) in [6, 6.07) is 12.2. The first-order chi connectivity index (χ1) is 13.1. The molecule has 2 N–H and O–H groups in total. The van der Waals surface area contributed by atoms with Crippen molar-refractivity contribution in [1.29, 1.82) is 0 Å². The lowest BCUT2D eigenvalue weighted by molar-refractivity contribution is -0.706. The number of carbonyl (C=O) groups excluding carboxylic acids is 1. The average molecular weight is 400 g/mol. The molecule has 0 radical (unpaired) electrons. The molecule has 1 aliphatic rings. The Labute approximate surface area is 167 Å². The Morgan fingerprint density at radius 2 is 2.07 bits per heavy atom. The highest BCUT2D eigenvalue weighted by Crippen LogP contribution is 2.47. The second-order valence-electron chi connectivity index (χ2n) is 6.67. The van der Waals surface area contributed by atoms with Crippen LogP contribution in [0.5, 0.6) is 0 Å². The molecule has 1 saturated carbocycles. The van der Waals surface area contributed by atoms with Crippen LogP contribution < -0.4 is 9.88 Å². The second-order valence-corrected chi connectivity index (χ2v) is 8.11. The molecule has 2 atom stereocenters. The first-order valence-corrected chi connectivity index (χ1v) is 9.94. The Morgan fingerprint density at radius 3 is 2.74 bits per heavy atom. The molecule has 0 aliphatic heterocycles. The van der Waals surface area contributed by atoms with Gasteiger partial charge in [0.1, 0.15) is 5.03 Å². The summed E-state index contributed by atoms with van der Waals surface area (Å²) in [7, 11) is 3.70. The third-order valence-corrected chi connectivity index (χ3v) is 6.20. The van der Waals surface area contributed by atoms with Crippen LogP contribution in [0.3, 0.4) is 0 Å². The van der Waals surface area contributed by atoms with E-state index in [1.807, 2.05) is 30.1 Å². The second kappa shape index (κ2) is 7.37. The lowest BCUT2D eigenvalue weighted by Gasteiger charge is -2.04. The molecular weight excluding hydrogens is 380 g/mol. The highest BCUT2D eigenvalue weighted by Gasteiger charge is 2.43. The van der Waals surface area contributed by atoms with Gasteiger partial charge in [0.05, 0.1) is 12.1 Å². The normalized spacial score (nSPS) is 18.3. The van der Waals surface area contributed by atoms with Gasteiger partial charge in [-0.05, 0) is 41.8 Å². The largest absolute Gasteiger partial charge is 0.359 e. The van der Waals surface area contributed by atoms with Crippen LogP contribution >= 0.6 is 23.4 Å². The summed E-state index contributed by atoms with van der Waals surface area (Å²) in [5, 5.41) is 5.33. The minimum Gasteiger partial charge on any atom is -0.359 e. The lowest BCUT2D eigenvalue weighted by atomic mass is 10.1. The molecule has 3 aromatic rings. The molecule has 2 unspecified atom stereocenters. The summed E-state index contributed by atoms with van der Waals surface area (Å²) in [5.41, 5.74) is 3.37. The Morgan fingerprint density at radius 1 is 1.30 bits per heavy atom. The maximum atomic E-state index is 11.8. The lowest BCUT2D eigenvalue weighted by Crippen LogP contribution is -2.27. The fourth-order valence-electron chi connectivity index (χ4n) is 3.25. The number of halogens is 1. The molecule has 0 saturated heterocycles. The number of nitrogens with zero attached hydrogens (tertiary/aromatic N) is 2. The van der Waals surface area contributed by atoms with Gasteiger partial charge in [0, 0.05) is 24.7 Å². The molecule has 2 heterocycles. The number of hydrogen-bond acceptors (Lipinski definition) is 3. The topological polar surface area (TPSA) is 61.7 Å². The maximum absolute atomic E-state index is 11.8. The van der Waals surface area contributed by atoms with E-state index in [1.54, 1.807) is 25.0 Å². The summed E-state index contributed by atoms with van der Waals surface area (Å²) in [5.74, 6) is 0.590. The van der Waals surface area contributed by atoms with Crippen molar-refractivity contribution in [1.82, 2.24) is 15.3 Å². The molecule has 1 aromatic carbocycles. The van der Waals surface area contributed by atoms with Crippen LogP contribution in [-0.2, 0) is 11.8 Å². The number of aromatic nitrogens is 3. The summed E-state index contributed by atoms with van der Waals surface area (Å²) in [6.45, 7) is 0. The summed E-state index contributed by atoms with van der Waals surface area (Å²) >= 11 is 7.52. The Kier molecular flexibility index (Phi) is 4.93. The zero-order chi connectivity index (χ0) is 19.0. The third-order valence-electron chi connectivity index (χ3n) is 4.84. The molecule has 2 aromatic heterocycles. The Balaban J connectivity index is 1.56. The van der Waals surface area contributed by atoms with Crippen LogP contribution in [0.25, 0.3) is 11.3 Å². The highest BCUT2D eigenvalue weighted by atomic mass is 35.5. The van der Waals surface area contributed by atoms with E-state index in [0.29, 0.717) is 10.9 Å². The number of pyridine rings is 1. The van der Waals surface area contributed by atoms with Crippen LogP contribution in [0.1, 0.15) is 17.9 Å². The van der Waals surface area contributed by atoms with E-state index in [4.69, 9.17) is 11.6 Å². The number of rotatable bonds is 5. The fraction of sp³-hybridized carbons (Fsp3) is 0.250. The number of benzene rings is 1. The van der Waals surface area contributed by atoms with Crippen molar-refractivity contribution in [2.24, 2.45) is 13.0 Å². The molecule has 138 valence electrons. The van der Waals surface area contributed by atoms with Gasteiger partial charge in [0.15, 0.2) is 5.69 Å². The number of H-pyrrole nitrogens is 1. The maximum Gasteiger partial charge on any atom is 0.242 e. The Bertz CT molecular complexity index is 969. The van der Waals surface area contributed by atoms with Gasteiger partial charge >= 0.3 is 0 Å². The van der Waals surface area contributed by atoms with Crippen LogP contribution in [0, 0.1) is 5.92 Å². The van der Waals surface area contributed by atoms with Crippen molar-refractivity contribution < 1.29 is 9.36 Å². The minimum absolute atomic E-state index is 0.117. The number of nitrogens with one attached hydrogen (secondary N) is 2. The number of hydrogen-bond donors (Lipinski definition) is 2. The fourth-order valence-corrected chi connectivity index (χ4v) is 4.27. The smallest absolute Gasteiger partial charge is 0.242 e. The van der Waals surface area contributed by atoms with E-state index < -0.39 is 0 Å². The number of aromatic amines is 1. The Hall–Kier alpha value is -2.31. The van der Waals surface area contributed by atoms with Crippen molar-refractivity contribution in [3.63, 3.8) is 0 Å². The van der Waals surface area contributed by atoms with Crippen molar-refractivity contribution in [2.75, 3.05) is 7.05 Å². The first-order valence-electron chi connectivity index (χ1n) is 8.75. The predicted octanol–water partition coefficient (Wildman–Crippen LogP) is 3.56. The molecule has 27 heavy (non-hydrogen) atoms. The zero-order valence-corrected chi connectivity index (χ0v) is 16.6. The highest BCUT2D eigenvalue weighted by molar-refractivity contribution is 7.99. The van der Waals surface area contributed by atoms with Crippen LogP contribution in [0.4, 0.5) is 0 Å². The number of imidazole rings is 1. The number of amides is 1. The summed E-state index contributed by atoms with van der Waals surface area (Å²) in [6.07, 6.45) is 4.52. The monoisotopic (exact) mass is 399 g/mol. The molecule has 7 heteroatoms. The van der Waals surface area contributed by atoms with Crippen LogP contribution in [0.2, 0.25) is 5.02 Å². The third kappa shape index (κ3) is 3.73. The van der Waals surface area contributed by atoms with E-state index in [0.717, 1.165) is 27.7 Å². The van der Waals surface area contributed by atoms with E-state index in [-0.39, 0.29) is 11.8 Å². The van der Waals surface area contributed by atoms with Crippen molar-refractivity contribution in [3.05, 3.63) is 59.5 Å². The van der Waals surface area contributed by atoms with Crippen LogP contribution in [-0.4, -0.2) is 22.9 Å². The van der Waals surface area contributed by atoms with E-state index in [9.17, 15) is 4.79 Å². The molecule has 4 rings (SSSR count). The standard InChI is InChI=1S/C20H19ClN4OS/c1-22-19(26)16-9-15(16)12-3-5-13(6-4-12)18-20(25(2)11-24-18)27-17-8-7-14(21)10-23-17/h3-8,10-11,15-16H,9H2,1-2H3,(H,22,26)/p+1. The molecular formula is C20H20ClN4OS+. The van der Waals surface area contributed by atoms with Crippen LogP contribution in [0.15, 0.2) is 59.0 Å². The quantitative estimate of drug-likeness (QED) is 0.645. The van der Waals surface area contributed by atoms with Gasteiger partial charge in [-0.2, -0.15) is 0 Å². The van der Waals surface area contributed by atoms with E-state index >= 15 is 0 Å². The van der Waals surface area contributed by atoms with Gasteiger partial charge in [-0.15, -0.1) is 0 Å². The van der Waals surface area contributed by atoms with Gasteiger partial charge in [0.2, 0.25) is 17.3 Å². The minimum atomic E-state index is 0.117. The molecule has 0 bridgehead atoms. The first kappa shape index (κ1) is 18.1. The summed E-state index contributed by atoms with van der Waals surface area (Å²) < 4.78 is 2.05. The zero-order valence-electron chi connectivity index (χ0n) is 15.1. The van der Waals surface area contributed by atoms with Crippen molar-refractivity contribution in [2.45, 2.75) is 22.4 Å². The number of aryl methyl sites for hydroxylation is 1. The van der Waals surface area contributed by atoms with Gasteiger partial charge in [0.25, 0.3) is 0 Å². The number of carbonyl (C=O) groups is 1. The summed E-state index contributed by atoms with van der Waals surface area (Å²) in [4.78, 5) is 19.5. The van der Waals surface area contributed by atoms with E-state index in [2.05, 4.69) is 39.6 Å². The van der Waals surface area contributed by atoms with Crippen molar-refractivity contribution in [3.8, 4) is 11.3 Å². The van der Waals surface area contributed by atoms with E-state index in [1.165, 1.54) is 5.56 Å². The van der Waals surface area contributed by atoms with Gasteiger partial charge in [-0.1, -0.05) is 35.9 Å². The molecule has 0 spiro atoms. The molecule has 5 nitrogen and oxygen atoms in total. The van der Waals surface area contributed by atoms with Crippen molar-refractivity contribution >= 4 is 29.3 Å². The van der Waals surface area contributed by atoms with Gasteiger partial charge in [-0.3, -0.25) is 4.79 Å².